The Labute approximate surface area is 109 Å². The van der Waals surface area contributed by atoms with Gasteiger partial charge in [-0.2, -0.15) is 0 Å². The number of ether oxygens (including phenoxy) is 1. The quantitative estimate of drug-likeness (QED) is 0.760. The maximum atomic E-state index is 5.93. The molecule has 1 atom stereocenters. The molecule has 0 fully saturated rings. The third-order valence-electron chi connectivity index (χ3n) is 3.30. The van der Waals surface area contributed by atoms with Gasteiger partial charge in [0.15, 0.2) is 0 Å². The number of benzene rings is 2. The monoisotopic (exact) mass is 240 g/mol. The van der Waals surface area contributed by atoms with Crippen molar-refractivity contribution in [3.05, 3.63) is 70.8 Å². The highest BCUT2D eigenvalue weighted by Gasteiger charge is 2.06. The second-order valence-corrected chi connectivity index (χ2v) is 4.79. The molecule has 0 amide bonds. The van der Waals surface area contributed by atoms with Gasteiger partial charge in [-0.05, 0) is 37.5 Å². The van der Waals surface area contributed by atoms with Gasteiger partial charge >= 0.3 is 0 Å². The Morgan fingerprint density at radius 1 is 0.944 bits per heavy atom. The van der Waals surface area contributed by atoms with Crippen LogP contribution in [0.1, 0.15) is 35.3 Å². The standard InChI is InChI=1S/C17H20O/c1-13-8-10-16(11-9-13)15(3)18-12-17-7-5-4-6-14(17)2/h4-11,15H,12H2,1-3H3. The van der Waals surface area contributed by atoms with E-state index < -0.39 is 0 Å². The van der Waals surface area contributed by atoms with Crippen LogP contribution in [0.2, 0.25) is 0 Å². The predicted octanol–water partition coefficient (Wildman–Crippen LogP) is 4.58. The molecule has 2 aromatic carbocycles. The second kappa shape index (κ2) is 5.83. The molecule has 2 aromatic rings. The molecule has 0 saturated carbocycles. The maximum Gasteiger partial charge on any atom is 0.0801 e. The Bertz CT molecular complexity index is 499. The number of aryl methyl sites for hydroxylation is 2. The van der Waals surface area contributed by atoms with Crippen LogP contribution in [-0.4, -0.2) is 0 Å². The fraction of sp³-hybridized carbons (Fsp3) is 0.294. The molecule has 0 N–H and O–H groups in total. The molecule has 0 aliphatic rings. The molecule has 0 aliphatic carbocycles. The van der Waals surface area contributed by atoms with Gasteiger partial charge in [-0.1, -0.05) is 54.1 Å². The Morgan fingerprint density at radius 3 is 2.28 bits per heavy atom. The zero-order valence-electron chi connectivity index (χ0n) is 11.3. The molecule has 2 rings (SSSR count). The number of hydrogen-bond donors (Lipinski definition) is 0. The van der Waals surface area contributed by atoms with Crippen LogP contribution in [-0.2, 0) is 11.3 Å². The van der Waals surface area contributed by atoms with Crippen molar-refractivity contribution in [1.29, 1.82) is 0 Å². The van der Waals surface area contributed by atoms with E-state index in [0.29, 0.717) is 6.61 Å². The third-order valence-corrected chi connectivity index (χ3v) is 3.30. The molecule has 0 aliphatic heterocycles. The van der Waals surface area contributed by atoms with Gasteiger partial charge in [-0.25, -0.2) is 0 Å². The van der Waals surface area contributed by atoms with E-state index in [1.807, 2.05) is 0 Å². The predicted molar refractivity (Wildman–Crippen MR) is 75.6 cm³/mol. The third kappa shape index (κ3) is 3.21. The van der Waals surface area contributed by atoms with Crippen molar-refractivity contribution in [1.82, 2.24) is 0 Å². The first-order valence-electron chi connectivity index (χ1n) is 6.39. The maximum absolute atomic E-state index is 5.93. The van der Waals surface area contributed by atoms with Crippen molar-refractivity contribution < 1.29 is 4.74 Å². The topological polar surface area (TPSA) is 9.23 Å². The summed E-state index contributed by atoms with van der Waals surface area (Å²) in [5.41, 5.74) is 5.06. The lowest BCUT2D eigenvalue weighted by Gasteiger charge is -2.14. The number of rotatable bonds is 4. The minimum Gasteiger partial charge on any atom is -0.369 e. The van der Waals surface area contributed by atoms with E-state index in [0.717, 1.165) is 0 Å². The largest absolute Gasteiger partial charge is 0.369 e. The van der Waals surface area contributed by atoms with Crippen LogP contribution in [0.5, 0.6) is 0 Å². The van der Waals surface area contributed by atoms with E-state index in [2.05, 4.69) is 69.3 Å². The van der Waals surface area contributed by atoms with Crippen molar-refractivity contribution >= 4 is 0 Å². The highest BCUT2D eigenvalue weighted by molar-refractivity contribution is 5.25. The van der Waals surface area contributed by atoms with Crippen LogP contribution < -0.4 is 0 Å². The molecular formula is C17H20O. The molecule has 0 bridgehead atoms. The van der Waals surface area contributed by atoms with Crippen molar-refractivity contribution in [3.8, 4) is 0 Å². The van der Waals surface area contributed by atoms with Crippen LogP contribution in [0, 0.1) is 13.8 Å². The molecule has 94 valence electrons. The summed E-state index contributed by atoms with van der Waals surface area (Å²) in [6, 6.07) is 16.9. The fourth-order valence-electron chi connectivity index (χ4n) is 1.92. The van der Waals surface area contributed by atoms with Crippen LogP contribution in [0.15, 0.2) is 48.5 Å². The molecule has 0 spiro atoms. The molecule has 0 heterocycles. The van der Waals surface area contributed by atoms with Gasteiger partial charge in [0.25, 0.3) is 0 Å². The zero-order valence-corrected chi connectivity index (χ0v) is 11.3. The van der Waals surface area contributed by atoms with Gasteiger partial charge in [0.2, 0.25) is 0 Å². The van der Waals surface area contributed by atoms with Gasteiger partial charge in [0.1, 0.15) is 0 Å². The highest BCUT2D eigenvalue weighted by Crippen LogP contribution is 2.19. The summed E-state index contributed by atoms with van der Waals surface area (Å²) >= 11 is 0. The summed E-state index contributed by atoms with van der Waals surface area (Å²) in [6.45, 7) is 6.99. The normalized spacial score (nSPS) is 12.4. The van der Waals surface area contributed by atoms with Crippen LogP contribution in [0.25, 0.3) is 0 Å². The molecule has 1 unspecified atom stereocenters. The van der Waals surface area contributed by atoms with E-state index in [1.165, 1.54) is 22.3 Å². The highest BCUT2D eigenvalue weighted by atomic mass is 16.5. The summed E-state index contributed by atoms with van der Waals surface area (Å²) in [5.74, 6) is 0. The summed E-state index contributed by atoms with van der Waals surface area (Å²) < 4.78 is 5.93. The van der Waals surface area contributed by atoms with Crippen molar-refractivity contribution in [2.24, 2.45) is 0 Å². The average molecular weight is 240 g/mol. The summed E-state index contributed by atoms with van der Waals surface area (Å²) in [6.07, 6.45) is 0.130. The van der Waals surface area contributed by atoms with Crippen molar-refractivity contribution in [2.45, 2.75) is 33.5 Å². The smallest absolute Gasteiger partial charge is 0.0801 e. The van der Waals surface area contributed by atoms with E-state index in [1.54, 1.807) is 0 Å². The van der Waals surface area contributed by atoms with Gasteiger partial charge in [0, 0.05) is 0 Å². The SMILES string of the molecule is Cc1ccc(C(C)OCc2ccccc2C)cc1. The van der Waals surface area contributed by atoms with E-state index in [4.69, 9.17) is 4.74 Å². The molecule has 0 saturated heterocycles. The second-order valence-electron chi connectivity index (χ2n) is 4.79. The molecule has 0 aromatic heterocycles. The van der Waals surface area contributed by atoms with Gasteiger partial charge in [0.05, 0.1) is 12.7 Å². The molecule has 0 radical (unpaired) electrons. The van der Waals surface area contributed by atoms with Crippen LogP contribution in [0.4, 0.5) is 0 Å². The Balaban J connectivity index is 1.98. The average Bonchev–Trinajstić information content (AvgIpc) is 2.38. The first kappa shape index (κ1) is 12.8. The van der Waals surface area contributed by atoms with Crippen LogP contribution in [0.3, 0.4) is 0 Å². The number of hydrogen-bond acceptors (Lipinski definition) is 1. The minimum atomic E-state index is 0.130. The first-order valence-corrected chi connectivity index (χ1v) is 6.39. The zero-order chi connectivity index (χ0) is 13.0. The van der Waals surface area contributed by atoms with Crippen LogP contribution >= 0.6 is 0 Å². The van der Waals surface area contributed by atoms with Crippen molar-refractivity contribution in [2.75, 3.05) is 0 Å². The lowest BCUT2D eigenvalue weighted by atomic mass is 10.1. The van der Waals surface area contributed by atoms with Gasteiger partial charge in [-0.15, -0.1) is 0 Å². The summed E-state index contributed by atoms with van der Waals surface area (Å²) in [4.78, 5) is 0. The summed E-state index contributed by atoms with van der Waals surface area (Å²) in [5, 5.41) is 0. The Hall–Kier alpha value is -1.60. The fourth-order valence-corrected chi connectivity index (χ4v) is 1.92. The van der Waals surface area contributed by atoms with Crippen molar-refractivity contribution in [3.63, 3.8) is 0 Å². The summed E-state index contributed by atoms with van der Waals surface area (Å²) in [7, 11) is 0. The van der Waals surface area contributed by atoms with E-state index >= 15 is 0 Å². The van der Waals surface area contributed by atoms with Gasteiger partial charge in [-0.3, -0.25) is 0 Å². The Morgan fingerprint density at radius 2 is 1.61 bits per heavy atom. The van der Waals surface area contributed by atoms with E-state index in [9.17, 15) is 0 Å². The minimum absolute atomic E-state index is 0.130. The molecule has 1 heteroatoms. The Kier molecular flexibility index (Phi) is 4.16. The first-order chi connectivity index (χ1) is 8.66. The van der Waals surface area contributed by atoms with E-state index in [-0.39, 0.29) is 6.10 Å². The van der Waals surface area contributed by atoms with Gasteiger partial charge < -0.3 is 4.74 Å². The lowest BCUT2D eigenvalue weighted by Crippen LogP contribution is -2.01. The molecule has 1 nitrogen and oxygen atoms in total. The molecule has 18 heavy (non-hydrogen) atoms. The molecular weight excluding hydrogens is 220 g/mol. The lowest BCUT2D eigenvalue weighted by molar-refractivity contribution is 0.0523.